The molecule has 0 aliphatic carbocycles. The minimum Gasteiger partial charge on any atom is -0.350 e. The van der Waals surface area contributed by atoms with Crippen molar-refractivity contribution >= 4 is 50.5 Å². The number of thiophene rings is 1. The van der Waals surface area contributed by atoms with Crippen LogP contribution in [0.2, 0.25) is 0 Å². The molecule has 0 saturated carbocycles. The smallest absolute Gasteiger partial charge is 0.253 e. The fourth-order valence-corrected chi connectivity index (χ4v) is 3.69. The molecule has 1 amide bonds. The summed E-state index contributed by atoms with van der Waals surface area (Å²) < 4.78 is 1.01. The van der Waals surface area contributed by atoms with Crippen LogP contribution >= 0.6 is 39.5 Å². The maximum absolute atomic E-state index is 12.3. The van der Waals surface area contributed by atoms with Crippen molar-refractivity contribution in [1.29, 1.82) is 0 Å². The number of hydrogen-bond acceptors (Lipinski definition) is 3. The molecule has 0 radical (unpaired) electrons. The highest BCUT2D eigenvalue weighted by Gasteiger charge is 2.31. The zero-order valence-corrected chi connectivity index (χ0v) is 14.0. The summed E-state index contributed by atoms with van der Waals surface area (Å²) in [6, 6.07) is 1.81. The van der Waals surface area contributed by atoms with Gasteiger partial charge in [0.2, 0.25) is 0 Å². The third kappa shape index (κ3) is 2.98. The first kappa shape index (κ1) is 14.5. The lowest BCUT2D eigenvalue weighted by Crippen LogP contribution is -2.46. The van der Waals surface area contributed by atoms with E-state index in [0.717, 1.165) is 15.0 Å². The quantitative estimate of drug-likeness (QED) is 0.795. The Kier molecular flexibility index (Phi) is 4.27. The Balaban J connectivity index is 2.46. The lowest BCUT2D eigenvalue weighted by atomic mass is 10.0. The minimum absolute atomic E-state index is 0.0190. The molecule has 0 saturated heterocycles. The fourth-order valence-electron chi connectivity index (χ4n) is 1.91. The summed E-state index contributed by atoms with van der Waals surface area (Å²) in [6.07, 6.45) is 0. The molecule has 1 aromatic rings. The van der Waals surface area contributed by atoms with Crippen LogP contribution in [0, 0.1) is 0 Å². The van der Waals surface area contributed by atoms with Gasteiger partial charge in [0.25, 0.3) is 5.91 Å². The Morgan fingerprint density at radius 2 is 2.21 bits per heavy atom. The van der Waals surface area contributed by atoms with E-state index in [1.165, 1.54) is 0 Å². The maximum Gasteiger partial charge on any atom is 0.253 e. The van der Waals surface area contributed by atoms with E-state index < -0.39 is 0 Å². The van der Waals surface area contributed by atoms with Crippen LogP contribution in [0.5, 0.6) is 0 Å². The van der Waals surface area contributed by atoms with Crippen molar-refractivity contribution in [3.8, 4) is 0 Å². The number of thiocarbonyl (C=S) groups is 1. The number of rotatable bonds is 2. The van der Waals surface area contributed by atoms with Crippen LogP contribution in [0.3, 0.4) is 0 Å². The average molecular weight is 360 g/mol. The van der Waals surface area contributed by atoms with Crippen LogP contribution in [-0.4, -0.2) is 30.0 Å². The minimum atomic E-state index is -0.194. The molecule has 1 aliphatic heterocycles. The highest BCUT2D eigenvalue weighted by Crippen LogP contribution is 2.33. The van der Waals surface area contributed by atoms with Gasteiger partial charge in [0.15, 0.2) is 5.11 Å². The van der Waals surface area contributed by atoms with E-state index in [-0.39, 0.29) is 11.9 Å². The summed E-state index contributed by atoms with van der Waals surface area (Å²) in [5, 5.41) is 8.72. The van der Waals surface area contributed by atoms with Crippen molar-refractivity contribution < 1.29 is 4.79 Å². The van der Waals surface area contributed by atoms with Gasteiger partial charge in [0, 0.05) is 34.5 Å². The monoisotopic (exact) mass is 359 g/mol. The summed E-state index contributed by atoms with van der Waals surface area (Å²) in [4.78, 5) is 15.0. The first-order valence-corrected chi connectivity index (χ1v) is 7.72. The molecule has 2 rings (SSSR count). The number of hydrogen-bond donors (Lipinski definition) is 2. The number of halogens is 1. The van der Waals surface area contributed by atoms with Gasteiger partial charge in [0.1, 0.15) is 0 Å². The zero-order valence-electron chi connectivity index (χ0n) is 10.8. The summed E-state index contributed by atoms with van der Waals surface area (Å²) in [5.74, 6) is -0.0190. The first-order chi connectivity index (χ1) is 8.90. The number of likely N-dealkylation sites (N-methyl/N-ethyl adjacent to an activating group) is 1. The molecule has 4 nitrogen and oxygen atoms in total. The Morgan fingerprint density at radius 3 is 2.74 bits per heavy atom. The van der Waals surface area contributed by atoms with Crippen LogP contribution in [0.4, 0.5) is 0 Å². The summed E-state index contributed by atoms with van der Waals surface area (Å²) >= 11 is 10.2. The van der Waals surface area contributed by atoms with Gasteiger partial charge in [-0.25, -0.2) is 0 Å². The van der Waals surface area contributed by atoms with Crippen molar-refractivity contribution in [2.24, 2.45) is 0 Å². The standard InChI is InChI=1S/C12H14BrN3OS2/c1-6-9(11(17)16(2)3)10(15-12(18)14-6)8-4-7(13)5-19-8/h4-5,10H,1-3H3,(H2,14,15,18). The van der Waals surface area contributed by atoms with Crippen LogP contribution in [-0.2, 0) is 4.79 Å². The normalized spacial score (nSPS) is 18.9. The first-order valence-electron chi connectivity index (χ1n) is 5.64. The lowest BCUT2D eigenvalue weighted by molar-refractivity contribution is -0.125. The SMILES string of the molecule is CC1=C(C(=O)N(C)C)C(c2cc(Br)cs2)NC(=S)N1. The van der Waals surface area contributed by atoms with Crippen molar-refractivity contribution in [2.45, 2.75) is 13.0 Å². The molecule has 1 aromatic heterocycles. The maximum atomic E-state index is 12.3. The van der Waals surface area contributed by atoms with Gasteiger partial charge in [0.05, 0.1) is 11.6 Å². The Bertz CT molecular complexity index is 565. The van der Waals surface area contributed by atoms with E-state index >= 15 is 0 Å². The highest BCUT2D eigenvalue weighted by atomic mass is 79.9. The predicted octanol–water partition coefficient (Wildman–Crippen LogP) is 2.39. The van der Waals surface area contributed by atoms with Gasteiger partial charge in [-0.05, 0) is 41.1 Å². The largest absolute Gasteiger partial charge is 0.350 e. The number of amides is 1. The number of nitrogens with one attached hydrogen (secondary N) is 2. The van der Waals surface area contributed by atoms with E-state index in [9.17, 15) is 4.79 Å². The van der Waals surface area contributed by atoms with Crippen LogP contribution < -0.4 is 10.6 Å². The topological polar surface area (TPSA) is 44.4 Å². The molecule has 7 heteroatoms. The van der Waals surface area contributed by atoms with Crippen LogP contribution in [0.25, 0.3) is 0 Å². The van der Waals surface area contributed by atoms with Crippen molar-refractivity contribution in [2.75, 3.05) is 14.1 Å². The highest BCUT2D eigenvalue weighted by molar-refractivity contribution is 9.10. The number of carbonyl (C=O) groups excluding carboxylic acids is 1. The molecule has 0 aromatic carbocycles. The number of nitrogens with zero attached hydrogens (tertiary/aromatic N) is 1. The van der Waals surface area contributed by atoms with Crippen LogP contribution in [0.1, 0.15) is 17.8 Å². The van der Waals surface area contributed by atoms with Gasteiger partial charge in [-0.1, -0.05) is 0 Å². The van der Waals surface area contributed by atoms with E-state index in [4.69, 9.17) is 12.2 Å². The molecular weight excluding hydrogens is 346 g/mol. The zero-order chi connectivity index (χ0) is 14.2. The molecule has 1 aliphatic rings. The summed E-state index contributed by atoms with van der Waals surface area (Å²) in [6.45, 7) is 1.87. The van der Waals surface area contributed by atoms with Crippen molar-refractivity contribution in [1.82, 2.24) is 15.5 Å². The van der Waals surface area contributed by atoms with Crippen molar-refractivity contribution in [3.05, 3.63) is 32.1 Å². The number of allylic oxidation sites excluding steroid dienone is 1. The fraction of sp³-hybridized carbons (Fsp3) is 0.333. The summed E-state index contributed by atoms with van der Waals surface area (Å²) in [5.41, 5.74) is 1.50. The predicted molar refractivity (Wildman–Crippen MR) is 85.0 cm³/mol. The molecule has 0 bridgehead atoms. The van der Waals surface area contributed by atoms with Gasteiger partial charge >= 0.3 is 0 Å². The van der Waals surface area contributed by atoms with Gasteiger partial charge < -0.3 is 15.5 Å². The molecule has 1 unspecified atom stereocenters. The second-order valence-corrected chi connectivity index (χ2v) is 6.70. The van der Waals surface area contributed by atoms with E-state index in [1.807, 2.05) is 18.4 Å². The third-order valence-corrected chi connectivity index (χ3v) is 4.76. The van der Waals surface area contributed by atoms with Crippen LogP contribution in [0.15, 0.2) is 27.2 Å². The Labute approximate surface area is 130 Å². The van der Waals surface area contributed by atoms with Gasteiger partial charge in [-0.2, -0.15) is 0 Å². The lowest BCUT2D eigenvalue weighted by Gasteiger charge is -2.30. The molecule has 0 fully saturated rings. The van der Waals surface area contributed by atoms with E-state index in [2.05, 4.69) is 26.6 Å². The molecule has 1 atom stereocenters. The molecule has 102 valence electrons. The van der Waals surface area contributed by atoms with Gasteiger partial charge in [-0.15, -0.1) is 11.3 Å². The molecule has 0 spiro atoms. The molecule has 19 heavy (non-hydrogen) atoms. The molecule has 2 N–H and O–H groups in total. The molecule has 2 heterocycles. The molecular formula is C12H14BrN3OS2. The average Bonchev–Trinajstić information content (AvgIpc) is 2.74. The summed E-state index contributed by atoms with van der Waals surface area (Å²) in [7, 11) is 3.49. The third-order valence-electron chi connectivity index (χ3n) is 2.78. The number of carbonyl (C=O) groups is 1. The Morgan fingerprint density at radius 1 is 1.53 bits per heavy atom. The van der Waals surface area contributed by atoms with E-state index in [1.54, 1.807) is 30.3 Å². The Hall–Kier alpha value is -0.920. The second-order valence-electron chi connectivity index (χ2n) is 4.44. The second kappa shape index (κ2) is 5.60. The van der Waals surface area contributed by atoms with E-state index in [0.29, 0.717) is 10.7 Å². The van der Waals surface area contributed by atoms with Crippen molar-refractivity contribution in [3.63, 3.8) is 0 Å². The van der Waals surface area contributed by atoms with Gasteiger partial charge in [-0.3, -0.25) is 4.79 Å².